The molecular formula is C17H28N4O3. The lowest BCUT2D eigenvalue weighted by atomic mass is 9.97. The van der Waals surface area contributed by atoms with Crippen molar-refractivity contribution in [1.29, 1.82) is 0 Å². The van der Waals surface area contributed by atoms with Crippen LogP contribution in [0.15, 0.2) is 6.07 Å². The molecule has 2 rings (SSSR count). The molecule has 1 fully saturated rings. The van der Waals surface area contributed by atoms with E-state index in [4.69, 9.17) is 4.74 Å². The Kier molecular flexibility index (Phi) is 6.78. The van der Waals surface area contributed by atoms with E-state index in [1.807, 2.05) is 6.92 Å². The normalized spacial score (nSPS) is 16.1. The fourth-order valence-electron chi connectivity index (χ4n) is 3.07. The number of hydrogen-bond acceptors (Lipinski definition) is 5. The fourth-order valence-corrected chi connectivity index (χ4v) is 3.07. The highest BCUT2D eigenvalue weighted by Crippen LogP contribution is 2.19. The summed E-state index contributed by atoms with van der Waals surface area (Å²) in [6.45, 7) is 9.21. The van der Waals surface area contributed by atoms with Crippen molar-refractivity contribution in [1.82, 2.24) is 20.0 Å². The Hall–Kier alpha value is -1.89. The summed E-state index contributed by atoms with van der Waals surface area (Å²) in [6.07, 6.45) is 2.12. The molecule has 1 N–H and O–H groups in total. The van der Waals surface area contributed by atoms with Crippen LogP contribution >= 0.6 is 0 Å². The van der Waals surface area contributed by atoms with E-state index in [1.165, 1.54) is 5.69 Å². The topological polar surface area (TPSA) is 76.5 Å². The summed E-state index contributed by atoms with van der Waals surface area (Å²) in [7, 11) is 0. The minimum Gasteiger partial charge on any atom is -0.465 e. The number of ether oxygens (including phenoxy) is 1. The SMILES string of the molecule is CCOC(=O)CNC(=O)CN1CCC(Cn2nc(C)cc2C)CC1. The number of piperidine rings is 1. The molecule has 0 aromatic carbocycles. The van der Waals surface area contributed by atoms with Crippen molar-refractivity contribution in [2.24, 2.45) is 5.92 Å². The van der Waals surface area contributed by atoms with Gasteiger partial charge in [0.05, 0.1) is 18.8 Å². The predicted molar refractivity (Wildman–Crippen MR) is 90.5 cm³/mol. The van der Waals surface area contributed by atoms with Gasteiger partial charge in [0.15, 0.2) is 0 Å². The summed E-state index contributed by atoms with van der Waals surface area (Å²) in [5.41, 5.74) is 2.26. The Labute approximate surface area is 143 Å². The van der Waals surface area contributed by atoms with Crippen LogP contribution in [0.25, 0.3) is 0 Å². The second-order valence-electron chi connectivity index (χ2n) is 6.41. The standard InChI is InChI=1S/C17H28N4O3/c1-4-24-17(23)10-18-16(22)12-20-7-5-15(6-8-20)11-21-14(3)9-13(2)19-21/h9,15H,4-8,10-12H2,1-3H3,(H,18,22). The third kappa shape index (κ3) is 5.63. The average molecular weight is 336 g/mol. The van der Waals surface area contributed by atoms with Crippen molar-refractivity contribution >= 4 is 11.9 Å². The monoisotopic (exact) mass is 336 g/mol. The summed E-state index contributed by atoms with van der Waals surface area (Å²) >= 11 is 0. The highest BCUT2D eigenvalue weighted by Gasteiger charge is 2.22. The van der Waals surface area contributed by atoms with Gasteiger partial charge in [0, 0.05) is 12.2 Å². The minimum absolute atomic E-state index is 0.0545. The van der Waals surface area contributed by atoms with Crippen LogP contribution in [-0.4, -0.2) is 59.3 Å². The number of rotatable bonds is 7. The largest absolute Gasteiger partial charge is 0.465 e. The fraction of sp³-hybridized carbons (Fsp3) is 0.706. The molecule has 1 amide bonds. The number of likely N-dealkylation sites (tertiary alicyclic amines) is 1. The van der Waals surface area contributed by atoms with Gasteiger partial charge in [-0.25, -0.2) is 0 Å². The second kappa shape index (κ2) is 8.82. The Morgan fingerprint density at radius 3 is 2.62 bits per heavy atom. The van der Waals surface area contributed by atoms with Gasteiger partial charge in [-0.05, 0) is 58.7 Å². The molecule has 0 radical (unpaired) electrons. The zero-order valence-corrected chi connectivity index (χ0v) is 14.9. The molecule has 1 aliphatic rings. The third-order valence-corrected chi connectivity index (χ3v) is 4.34. The number of aryl methyl sites for hydroxylation is 2. The maximum absolute atomic E-state index is 11.9. The summed E-state index contributed by atoms with van der Waals surface area (Å²) in [6, 6.07) is 2.10. The summed E-state index contributed by atoms with van der Waals surface area (Å²) in [5, 5.41) is 7.13. The number of nitrogens with zero attached hydrogens (tertiary/aromatic N) is 3. The van der Waals surface area contributed by atoms with Crippen molar-refractivity contribution in [2.75, 3.05) is 32.8 Å². The van der Waals surface area contributed by atoms with E-state index in [2.05, 4.69) is 33.0 Å². The number of nitrogens with one attached hydrogen (secondary N) is 1. The van der Waals surface area contributed by atoms with Crippen LogP contribution in [0.4, 0.5) is 0 Å². The van der Waals surface area contributed by atoms with Crippen molar-refractivity contribution in [2.45, 2.75) is 40.2 Å². The Balaban J connectivity index is 1.68. The van der Waals surface area contributed by atoms with Crippen LogP contribution in [0.3, 0.4) is 0 Å². The first-order valence-electron chi connectivity index (χ1n) is 8.63. The summed E-state index contributed by atoms with van der Waals surface area (Å²) in [5.74, 6) is 0.0799. The predicted octanol–water partition coefficient (Wildman–Crippen LogP) is 0.891. The Morgan fingerprint density at radius 2 is 2.04 bits per heavy atom. The first kappa shape index (κ1) is 18.4. The number of hydrogen-bond donors (Lipinski definition) is 1. The maximum Gasteiger partial charge on any atom is 0.325 e. The zero-order chi connectivity index (χ0) is 17.5. The van der Waals surface area contributed by atoms with Crippen LogP contribution < -0.4 is 5.32 Å². The first-order valence-corrected chi connectivity index (χ1v) is 8.63. The Morgan fingerprint density at radius 1 is 1.33 bits per heavy atom. The van der Waals surface area contributed by atoms with Gasteiger partial charge in [-0.2, -0.15) is 5.10 Å². The molecule has 0 saturated carbocycles. The molecule has 0 spiro atoms. The zero-order valence-electron chi connectivity index (χ0n) is 14.9. The lowest BCUT2D eigenvalue weighted by molar-refractivity contribution is -0.143. The molecule has 1 aromatic heterocycles. The molecule has 0 unspecified atom stereocenters. The molecule has 24 heavy (non-hydrogen) atoms. The maximum atomic E-state index is 11.9. The molecule has 1 aliphatic heterocycles. The van der Waals surface area contributed by atoms with Crippen LogP contribution in [0, 0.1) is 19.8 Å². The second-order valence-corrected chi connectivity index (χ2v) is 6.41. The van der Waals surface area contributed by atoms with Crippen molar-refractivity contribution in [3.8, 4) is 0 Å². The van der Waals surface area contributed by atoms with E-state index < -0.39 is 5.97 Å². The highest BCUT2D eigenvalue weighted by atomic mass is 16.5. The van der Waals surface area contributed by atoms with Gasteiger partial charge in [-0.1, -0.05) is 0 Å². The van der Waals surface area contributed by atoms with Gasteiger partial charge in [-0.15, -0.1) is 0 Å². The summed E-state index contributed by atoms with van der Waals surface area (Å²) < 4.78 is 6.87. The van der Waals surface area contributed by atoms with Crippen LogP contribution in [0.5, 0.6) is 0 Å². The van der Waals surface area contributed by atoms with Crippen molar-refractivity contribution in [3.63, 3.8) is 0 Å². The third-order valence-electron chi connectivity index (χ3n) is 4.34. The van der Waals surface area contributed by atoms with Gasteiger partial charge in [-0.3, -0.25) is 19.2 Å². The van der Waals surface area contributed by atoms with E-state index in [9.17, 15) is 9.59 Å². The number of aromatic nitrogens is 2. The Bertz CT molecular complexity index is 562. The molecular weight excluding hydrogens is 308 g/mol. The lowest BCUT2D eigenvalue weighted by Crippen LogP contribution is -2.43. The molecule has 1 aromatic rings. The van der Waals surface area contributed by atoms with Gasteiger partial charge in [0.1, 0.15) is 6.54 Å². The van der Waals surface area contributed by atoms with Gasteiger partial charge in [0.2, 0.25) is 5.91 Å². The van der Waals surface area contributed by atoms with Gasteiger partial charge < -0.3 is 10.1 Å². The molecule has 2 heterocycles. The van der Waals surface area contributed by atoms with E-state index in [0.717, 1.165) is 38.2 Å². The van der Waals surface area contributed by atoms with Crippen LogP contribution in [0.1, 0.15) is 31.2 Å². The molecule has 0 aliphatic carbocycles. The molecule has 7 heteroatoms. The van der Waals surface area contributed by atoms with E-state index in [1.54, 1.807) is 6.92 Å². The molecule has 0 atom stereocenters. The lowest BCUT2D eigenvalue weighted by Gasteiger charge is -2.31. The molecule has 7 nitrogen and oxygen atoms in total. The quantitative estimate of drug-likeness (QED) is 0.749. The molecule has 0 bridgehead atoms. The molecule has 1 saturated heterocycles. The van der Waals surface area contributed by atoms with Crippen LogP contribution in [0.2, 0.25) is 0 Å². The number of amides is 1. The van der Waals surface area contributed by atoms with E-state index in [-0.39, 0.29) is 12.5 Å². The number of esters is 1. The van der Waals surface area contributed by atoms with Crippen molar-refractivity contribution < 1.29 is 14.3 Å². The number of carbonyl (C=O) groups is 2. The first-order chi connectivity index (χ1) is 11.5. The van der Waals surface area contributed by atoms with E-state index in [0.29, 0.717) is 19.1 Å². The van der Waals surface area contributed by atoms with Crippen molar-refractivity contribution in [3.05, 3.63) is 17.5 Å². The summed E-state index contributed by atoms with van der Waals surface area (Å²) in [4.78, 5) is 25.2. The number of carbonyl (C=O) groups excluding carboxylic acids is 2. The van der Waals surface area contributed by atoms with Gasteiger partial charge >= 0.3 is 5.97 Å². The minimum atomic E-state index is -0.394. The smallest absolute Gasteiger partial charge is 0.325 e. The average Bonchev–Trinajstić information content (AvgIpc) is 2.85. The van der Waals surface area contributed by atoms with Gasteiger partial charge in [0.25, 0.3) is 0 Å². The van der Waals surface area contributed by atoms with Crippen LogP contribution in [-0.2, 0) is 20.9 Å². The molecule has 134 valence electrons. The van der Waals surface area contributed by atoms with E-state index >= 15 is 0 Å². The highest BCUT2D eigenvalue weighted by molar-refractivity contribution is 5.83.